The number of alkyl halides is 1. The van der Waals surface area contributed by atoms with Gasteiger partial charge in [-0.25, -0.2) is 4.98 Å². The number of hydrogen-bond donors (Lipinski definition) is 0. The van der Waals surface area contributed by atoms with Crippen molar-refractivity contribution in [3.05, 3.63) is 23.4 Å². The number of aromatic nitrogens is 1. The van der Waals surface area contributed by atoms with E-state index in [1.807, 2.05) is 0 Å². The lowest BCUT2D eigenvalue weighted by Gasteiger charge is -2.24. The molecule has 0 saturated carbocycles. The Labute approximate surface area is 104 Å². The zero-order chi connectivity index (χ0) is 12.3. The summed E-state index contributed by atoms with van der Waals surface area (Å²) in [5, 5.41) is 0. The Morgan fingerprint density at radius 2 is 1.88 bits per heavy atom. The number of halogens is 1. The van der Waals surface area contributed by atoms with E-state index in [0.29, 0.717) is 17.8 Å². The molecule has 1 rings (SSSR count). The minimum Gasteiger partial charge on any atom is -0.357 e. The molecular formula is C13H21ClN2. The minimum absolute atomic E-state index is 0.433. The third-order valence-corrected chi connectivity index (χ3v) is 3.08. The van der Waals surface area contributed by atoms with Crippen LogP contribution in [0, 0.1) is 0 Å². The van der Waals surface area contributed by atoms with Gasteiger partial charge in [-0.2, -0.15) is 0 Å². The highest BCUT2D eigenvalue weighted by molar-refractivity contribution is 6.17. The van der Waals surface area contributed by atoms with Crippen LogP contribution in [-0.2, 0) is 5.88 Å². The molecule has 0 aliphatic carbocycles. The topological polar surface area (TPSA) is 16.1 Å². The van der Waals surface area contributed by atoms with Crippen LogP contribution in [0.1, 0.15) is 44.9 Å². The highest BCUT2D eigenvalue weighted by atomic mass is 35.5. The van der Waals surface area contributed by atoms with Crippen molar-refractivity contribution in [1.82, 2.24) is 4.98 Å². The molecule has 0 amide bonds. The van der Waals surface area contributed by atoms with Crippen LogP contribution in [0.5, 0.6) is 0 Å². The van der Waals surface area contributed by atoms with Crippen LogP contribution in [0.25, 0.3) is 0 Å². The summed E-state index contributed by atoms with van der Waals surface area (Å²) in [6.45, 7) is 8.62. The zero-order valence-electron chi connectivity index (χ0n) is 10.8. The molecule has 0 aliphatic rings. The van der Waals surface area contributed by atoms with Crippen molar-refractivity contribution in [1.29, 1.82) is 0 Å². The lowest BCUT2D eigenvalue weighted by atomic mass is 10.1. The van der Waals surface area contributed by atoms with Gasteiger partial charge in [0.15, 0.2) is 0 Å². The first kappa shape index (κ1) is 13.3. The van der Waals surface area contributed by atoms with E-state index in [0.717, 1.165) is 17.1 Å². The Kier molecular flexibility index (Phi) is 4.60. The van der Waals surface area contributed by atoms with Gasteiger partial charge in [-0.1, -0.05) is 13.8 Å². The highest BCUT2D eigenvalue weighted by Gasteiger charge is 2.11. The standard InChI is InChI=1S/C13H21ClN2/c1-9(2)12-6-11(8-14)7-13(15-12)16(5)10(3)4/h6-7,9-10H,8H2,1-5H3. The van der Waals surface area contributed by atoms with Gasteiger partial charge in [0.25, 0.3) is 0 Å². The Morgan fingerprint density at radius 1 is 1.25 bits per heavy atom. The van der Waals surface area contributed by atoms with Gasteiger partial charge in [0.1, 0.15) is 5.82 Å². The molecule has 0 fully saturated rings. The number of nitrogens with zero attached hydrogens (tertiary/aromatic N) is 2. The predicted molar refractivity (Wildman–Crippen MR) is 71.4 cm³/mol. The van der Waals surface area contributed by atoms with Crippen molar-refractivity contribution >= 4 is 17.4 Å². The zero-order valence-corrected chi connectivity index (χ0v) is 11.5. The molecule has 0 spiro atoms. The molecule has 1 heterocycles. The molecule has 3 heteroatoms. The molecule has 0 unspecified atom stereocenters. The lowest BCUT2D eigenvalue weighted by Crippen LogP contribution is -2.27. The van der Waals surface area contributed by atoms with Crippen LogP contribution in [0.2, 0.25) is 0 Å². The van der Waals surface area contributed by atoms with Crippen LogP contribution in [-0.4, -0.2) is 18.1 Å². The molecule has 0 N–H and O–H groups in total. The van der Waals surface area contributed by atoms with Crippen LogP contribution in [0.15, 0.2) is 12.1 Å². The number of anilines is 1. The SMILES string of the molecule is CC(C)c1cc(CCl)cc(N(C)C(C)C)n1. The molecule has 16 heavy (non-hydrogen) atoms. The fourth-order valence-electron chi connectivity index (χ4n) is 1.41. The summed E-state index contributed by atoms with van der Waals surface area (Å²) in [5.41, 5.74) is 2.25. The van der Waals surface area contributed by atoms with Crippen molar-refractivity contribution in [2.75, 3.05) is 11.9 Å². The summed E-state index contributed by atoms with van der Waals surface area (Å²) >= 11 is 5.91. The summed E-state index contributed by atoms with van der Waals surface area (Å²) < 4.78 is 0. The van der Waals surface area contributed by atoms with Gasteiger partial charge in [-0.05, 0) is 37.5 Å². The minimum atomic E-state index is 0.433. The summed E-state index contributed by atoms with van der Waals surface area (Å²) in [6.07, 6.45) is 0. The Hall–Kier alpha value is -0.760. The second-order valence-electron chi connectivity index (χ2n) is 4.75. The third kappa shape index (κ3) is 3.11. The molecule has 0 saturated heterocycles. The van der Waals surface area contributed by atoms with Crippen molar-refractivity contribution < 1.29 is 0 Å². The first-order valence-corrected chi connectivity index (χ1v) is 6.28. The van der Waals surface area contributed by atoms with Crippen LogP contribution in [0.4, 0.5) is 5.82 Å². The van der Waals surface area contributed by atoms with Gasteiger partial charge >= 0.3 is 0 Å². The maximum Gasteiger partial charge on any atom is 0.129 e. The third-order valence-electron chi connectivity index (χ3n) is 2.77. The number of pyridine rings is 1. The summed E-state index contributed by atoms with van der Waals surface area (Å²) in [7, 11) is 2.06. The van der Waals surface area contributed by atoms with E-state index < -0.39 is 0 Å². The normalized spacial score (nSPS) is 11.2. The summed E-state index contributed by atoms with van der Waals surface area (Å²) in [4.78, 5) is 6.84. The van der Waals surface area contributed by atoms with Crippen LogP contribution in [0.3, 0.4) is 0 Å². The fourth-order valence-corrected chi connectivity index (χ4v) is 1.57. The molecule has 1 aromatic heterocycles. The molecule has 1 aromatic rings. The Balaban J connectivity index is 3.13. The number of hydrogen-bond acceptors (Lipinski definition) is 2. The van der Waals surface area contributed by atoms with E-state index in [9.17, 15) is 0 Å². The molecule has 0 bridgehead atoms. The first-order valence-electron chi connectivity index (χ1n) is 5.75. The maximum atomic E-state index is 5.91. The maximum absolute atomic E-state index is 5.91. The first-order chi connectivity index (χ1) is 7.45. The van der Waals surface area contributed by atoms with E-state index in [4.69, 9.17) is 11.6 Å². The van der Waals surface area contributed by atoms with Gasteiger partial charge in [0.05, 0.1) is 0 Å². The lowest BCUT2D eigenvalue weighted by molar-refractivity contribution is 0.731. The Bertz CT molecular complexity index is 348. The average molecular weight is 241 g/mol. The van der Waals surface area contributed by atoms with Gasteiger partial charge in [-0.3, -0.25) is 0 Å². The van der Waals surface area contributed by atoms with E-state index in [1.165, 1.54) is 0 Å². The van der Waals surface area contributed by atoms with Crippen molar-refractivity contribution in [3.8, 4) is 0 Å². The molecule has 0 radical (unpaired) electrons. The molecule has 0 atom stereocenters. The van der Waals surface area contributed by atoms with Crippen molar-refractivity contribution in [2.24, 2.45) is 0 Å². The number of rotatable bonds is 4. The molecule has 0 aliphatic heterocycles. The van der Waals surface area contributed by atoms with E-state index in [2.05, 4.69) is 56.8 Å². The van der Waals surface area contributed by atoms with Crippen LogP contribution >= 0.6 is 11.6 Å². The van der Waals surface area contributed by atoms with E-state index in [-0.39, 0.29) is 0 Å². The molecular weight excluding hydrogens is 220 g/mol. The fraction of sp³-hybridized carbons (Fsp3) is 0.615. The van der Waals surface area contributed by atoms with E-state index >= 15 is 0 Å². The monoisotopic (exact) mass is 240 g/mol. The van der Waals surface area contributed by atoms with E-state index in [1.54, 1.807) is 0 Å². The predicted octanol–water partition coefficient (Wildman–Crippen LogP) is 3.79. The Morgan fingerprint density at radius 3 is 2.31 bits per heavy atom. The second kappa shape index (κ2) is 5.53. The van der Waals surface area contributed by atoms with Crippen molar-refractivity contribution in [3.63, 3.8) is 0 Å². The van der Waals surface area contributed by atoms with Gasteiger partial charge in [-0.15, -0.1) is 11.6 Å². The molecule has 2 nitrogen and oxygen atoms in total. The molecule has 0 aromatic carbocycles. The van der Waals surface area contributed by atoms with Gasteiger partial charge in [0, 0.05) is 24.7 Å². The van der Waals surface area contributed by atoms with Gasteiger partial charge in [0.2, 0.25) is 0 Å². The van der Waals surface area contributed by atoms with Crippen molar-refractivity contribution in [2.45, 2.75) is 45.5 Å². The average Bonchev–Trinajstić information content (AvgIpc) is 2.27. The summed E-state index contributed by atoms with van der Waals surface area (Å²) in [5.74, 6) is 1.99. The quantitative estimate of drug-likeness (QED) is 0.745. The van der Waals surface area contributed by atoms with Gasteiger partial charge < -0.3 is 4.90 Å². The highest BCUT2D eigenvalue weighted by Crippen LogP contribution is 2.21. The second-order valence-corrected chi connectivity index (χ2v) is 5.02. The van der Waals surface area contributed by atoms with Crippen LogP contribution < -0.4 is 4.90 Å². The molecule has 90 valence electrons. The summed E-state index contributed by atoms with van der Waals surface area (Å²) in [6, 6.07) is 4.60. The largest absolute Gasteiger partial charge is 0.357 e. The smallest absolute Gasteiger partial charge is 0.129 e.